The summed E-state index contributed by atoms with van der Waals surface area (Å²) in [6, 6.07) is 11.9. The Morgan fingerprint density at radius 1 is 1.00 bits per heavy atom. The van der Waals surface area contributed by atoms with E-state index in [4.69, 9.17) is 0 Å². The number of halogens is 3. The first-order valence-electron chi connectivity index (χ1n) is 6.51. The third kappa shape index (κ3) is 3.98. The second-order valence-electron chi connectivity index (χ2n) is 4.87. The molecule has 0 aromatic heterocycles. The summed E-state index contributed by atoms with van der Waals surface area (Å²) < 4.78 is 37.6. The van der Waals surface area contributed by atoms with Gasteiger partial charge < -0.3 is 10.4 Å². The summed E-state index contributed by atoms with van der Waals surface area (Å²) in [4.78, 5) is 0. The van der Waals surface area contributed by atoms with Crippen LogP contribution in [0.15, 0.2) is 48.5 Å². The molecule has 1 unspecified atom stereocenters. The van der Waals surface area contributed by atoms with Gasteiger partial charge in [0, 0.05) is 5.69 Å². The van der Waals surface area contributed by atoms with E-state index < -0.39 is 17.8 Å². The monoisotopic (exact) mass is 295 g/mol. The zero-order valence-corrected chi connectivity index (χ0v) is 11.5. The smallest absolute Gasteiger partial charge is 0.394 e. The molecule has 0 bridgehead atoms. The highest BCUT2D eigenvalue weighted by molar-refractivity contribution is 5.47. The first-order valence-corrected chi connectivity index (χ1v) is 6.51. The second kappa shape index (κ2) is 6.18. The fourth-order valence-electron chi connectivity index (χ4n) is 1.99. The first kappa shape index (κ1) is 15.4. The molecule has 0 saturated heterocycles. The van der Waals surface area contributed by atoms with Crippen LogP contribution in [0, 0.1) is 6.92 Å². The quantitative estimate of drug-likeness (QED) is 0.887. The van der Waals surface area contributed by atoms with E-state index in [0.29, 0.717) is 5.56 Å². The summed E-state index contributed by atoms with van der Waals surface area (Å²) >= 11 is 0. The van der Waals surface area contributed by atoms with Gasteiger partial charge in [-0.25, -0.2) is 0 Å². The molecule has 0 fully saturated rings. The van der Waals surface area contributed by atoms with Crippen LogP contribution in [0.3, 0.4) is 0 Å². The summed E-state index contributed by atoms with van der Waals surface area (Å²) in [5.74, 6) is 0. The molecule has 2 rings (SSSR count). The summed E-state index contributed by atoms with van der Waals surface area (Å²) in [5, 5.41) is 12.5. The average Bonchev–Trinajstić information content (AvgIpc) is 2.46. The Kier molecular flexibility index (Phi) is 4.53. The SMILES string of the molecule is Cc1ccc(NC(CO)c2ccc(C(F)(F)F)cc2)cc1. The van der Waals surface area contributed by atoms with E-state index in [1.807, 2.05) is 31.2 Å². The fraction of sp³-hybridized carbons (Fsp3) is 0.250. The molecule has 0 saturated carbocycles. The standard InChI is InChI=1S/C16H16F3NO/c1-11-2-8-14(9-3-11)20-15(10-21)12-4-6-13(7-5-12)16(17,18)19/h2-9,15,20-21H,10H2,1H3. The second-order valence-corrected chi connectivity index (χ2v) is 4.87. The predicted molar refractivity (Wildman–Crippen MR) is 76.1 cm³/mol. The number of aliphatic hydroxyl groups is 1. The van der Waals surface area contributed by atoms with E-state index in [2.05, 4.69) is 5.32 Å². The van der Waals surface area contributed by atoms with Crippen LogP contribution in [0.5, 0.6) is 0 Å². The minimum atomic E-state index is -4.35. The van der Waals surface area contributed by atoms with E-state index in [1.165, 1.54) is 12.1 Å². The molecule has 0 aliphatic heterocycles. The van der Waals surface area contributed by atoms with Gasteiger partial charge in [0.05, 0.1) is 18.2 Å². The maximum Gasteiger partial charge on any atom is 0.416 e. The lowest BCUT2D eigenvalue weighted by atomic mass is 10.0. The van der Waals surface area contributed by atoms with Crippen LogP contribution >= 0.6 is 0 Å². The summed E-state index contributed by atoms with van der Waals surface area (Å²) in [6.45, 7) is 1.75. The third-order valence-corrected chi connectivity index (χ3v) is 3.22. The van der Waals surface area contributed by atoms with Crippen molar-refractivity contribution in [2.75, 3.05) is 11.9 Å². The highest BCUT2D eigenvalue weighted by Crippen LogP contribution is 2.30. The molecule has 112 valence electrons. The third-order valence-electron chi connectivity index (χ3n) is 3.22. The van der Waals surface area contributed by atoms with Crippen LogP contribution in [0.4, 0.5) is 18.9 Å². The Labute approximate surface area is 121 Å². The summed E-state index contributed by atoms with van der Waals surface area (Å²) in [6.07, 6.45) is -4.35. The lowest BCUT2D eigenvalue weighted by Gasteiger charge is -2.19. The van der Waals surface area contributed by atoms with Crippen molar-refractivity contribution in [2.45, 2.75) is 19.1 Å². The van der Waals surface area contributed by atoms with Crippen LogP contribution in [0.1, 0.15) is 22.7 Å². The number of aryl methyl sites for hydroxylation is 1. The number of hydrogen-bond acceptors (Lipinski definition) is 2. The molecule has 5 heteroatoms. The number of rotatable bonds is 4. The predicted octanol–water partition coefficient (Wildman–Crippen LogP) is 4.16. The summed E-state index contributed by atoms with van der Waals surface area (Å²) in [7, 11) is 0. The summed E-state index contributed by atoms with van der Waals surface area (Å²) in [5.41, 5.74) is 1.82. The minimum absolute atomic E-state index is 0.209. The molecular formula is C16H16F3NO. The Bertz CT molecular complexity index is 576. The highest BCUT2D eigenvalue weighted by atomic mass is 19.4. The van der Waals surface area contributed by atoms with Gasteiger partial charge in [-0.2, -0.15) is 13.2 Å². The molecule has 0 heterocycles. The van der Waals surface area contributed by atoms with Gasteiger partial charge >= 0.3 is 6.18 Å². The molecule has 1 atom stereocenters. The molecule has 21 heavy (non-hydrogen) atoms. The Morgan fingerprint density at radius 3 is 2.05 bits per heavy atom. The number of hydrogen-bond donors (Lipinski definition) is 2. The van der Waals surface area contributed by atoms with Gasteiger partial charge in [0.25, 0.3) is 0 Å². The molecule has 0 radical (unpaired) electrons. The van der Waals surface area contributed by atoms with Gasteiger partial charge in [0.2, 0.25) is 0 Å². The van der Waals surface area contributed by atoms with Crippen LogP contribution in [-0.2, 0) is 6.18 Å². The molecule has 2 N–H and O–H groups in total. The van der Waals surface area contributed by atoms with Crippen molar-refractivity contribution in [1.29, 1.82) is 0 Å². The number of alkyl halides is 3. The number of benzene rings is 2. The van der Waals surface area contributed by atoms with Crippen molar-refractivity contribution in [3.8, 4) is 0 Å². The zero-order valence-electron chi connectivity index (χ0n) is 11.5. The number of nitrogens with one attached hydrogen (secondary N) is 1. The van der Waals surface area contributed by atoms with Crippen molar-refractivity contribution < 1.29 is 18.3 Å². The maximum atomic E-state index is 12.5. The van der Waals surface area contributed by atoms with E-state index >= 15 is 0 Å². The van der Waals surface area contributed by atoms with Crippen molar-refractivity contribution in [2.24, 2.45) is 0 Å². The molecule has 0 aliphatic carbocycles. The van der Waals surface area contributed by atoms with E-state index in [-0.39, 0.29) is 6.61 Å². The molecule has 0 spiro atoms. The molecule has 0 aliphatic rings. The van der Waals surface area contributed by atoms with Gasteiger partial charge in [-0.3, -0.25) is 0 Å². The zero-order chi connectivity index (χ0) is 15.5. The molecule has 0 amide bonds. The molecule has 2 nitrogen and oxygen atoms in total. The van der Waals surface area contributed by atoms with Crippen LogP contribution in [-0.4, -0.2) is 11.7 Å². The van der Waals surface area contributed by atoms with Crippen LogP contribution in [0.25, 0.3) is 0 Å². The number of anilines is 1. The topological polar surface area (TPSA) is 32.3 Å². The average molecular weight is 295 g/mol. The van der Waals surface area contributed by atoms with Gasteiger partial charge in [0.1, 0.15) is 0 Å². The minimum Gasteiger partial charge on any atom is -0.394 e. The van der Waals surface area contributed by atoms with Gasteiger partial charge in [-0.1, -0.05) is 29.8 Å². The van der Waals surface area contributed by atoms with Crippen molar-refractivity contribution in [3.05, 3.63) is 65.2 Å². The van der Waals surface area contributed by atoms with Crippen molar-refractivity contribution in [3.63, 3.8) is 0 Å². The lowest BCUT2D eigenvalue weighted by Crippen LogP contribution is -2.15. The first-order chi connectivity index (χ1) is 9.90. The Balaban J connectivity index is 2.15. The van der Waals surface area contributed by atoms with E-state index in [9.17, 15) is 18.3 Å². The van der Waals surface area contributed by atoms with Gasteiger partial charge in [-0.15, -0.1) is 0 Å². The van der Waals surface area contributed by atoms with Crippen molar-refractivity contribution >= 4 is 5.69 Å². The largest absolute Gasteiger partial charge is 0.416 e. The Morgan fingerprint density at radius 2 is 1.57 bits per heavy atom. The van der Waals surface area contributed by atoms with Crippen LogP contribution < -0.4 is 5.32 Å². The highest BCUT2D eigenvalue weighted by Gasteiger charge is 2.30. The fourth-order valence-corrected chi connectivity index (χ4v) is 1.99. The maximum absolute atomic E-state index is 12.5. The van der Waals surface area contributed by atoms with Crippen molar-refractivity contribution in [1.82, 2.24) is 0 Å². The van der Waals surface area contributed by atoms with Gasteiger partial charge in [0.15, 0.2) is 0 Å². The molecule has 2 aromatic rings. The Hall–Kier alpha value is -2.01. The van der Waals surface area contributed by atoms with Crippen LogP contribution in [0.2, 0.25) is 0 Å². The van der Waals surface area contributed by atoms with Gasteiger partial charge in [-0.05, 0) is 36.8 Å². The number of aliphatic hydroxyl groups excluding tert-OH is 1. The van der Waals surface area contributed by atoms with E-state index in [1.54, 1.807) is 0 Å². The molecule has 2 aromatic carbocycles. The lowest BCUT2D eigenvalue weighted by molar-refractivity contribution is -0.137. The van der Waals surface area contributed by atoms with E-state index in [0.717, 1.165) is 23.4 Å². The normalized spacial score (nSPS) is 13.0. The molecular weight excluding hydrogens is 279 g/mol.